The fourth-order valence-corrected chi connectivity index (χ4v) is 15.8. The Labute approximate surface area is 628 Å². The van der Waals surface area contributed by atoms with Crippen molar-refractivity contribution in [1.82, 2.24) is 25.3 Å². The van der Waals surface area contributed by atoms with Crippen LogP contribution in [-0.2, 0) is 4.79 Å². The monoisotopic (exact) mass is 1410 g/mol. The zero-order valence-electron chi connectivity index (χ0n) is 62.9. The van der Waals surface area contributed by atoms with Crippen LogP contribution < -0.4 is 29.7 Å². The summed E-state index contributed by atoms with van der Waals surface area (Å²) in [6, 6.07) is 59.4. The summed E-state index contributed by atoms with van der Waals surface area (Å²) in [6.45, 7) is 14.9. The maximum atomic E-state index is 14.0. The van der Waals surface area contributed by atoms with Gasteiger partial charge < -0.3 is 39.7 Å². The Morgan fingerprint density at radius 2 is 0.858 bits per heavy atom. The van der Waals surface area contributed by atoms with E-state index in [4.69, 9.17) is 24.2 Å². The molecule has 6 aromatic carbocycles. The first-order valence-corrected chi connectivity index (χ1v) is 39.7. The van der Waals surface area contributed by atoms with Crippen molar-refractivity contribution in [3.8, 4) is 61.8 Å². The lowest BCUT2D eigenvalue weighted by atomic mass is 9.90. The van der Waals surface area contributed by atoms with Gasteiger partial charge in [0.2, 0.25) is 5.91 Å². The normalized spacial score (nSPS) is 16.2. The van der Waals surface area contributed by atoms with Gasteiger partial charge in [0.05, 0.1) is 42.6 Å². The molecule has 8 bridgehead atoms. The number of nitrogens with zero attached hydrogens (tertiary/aromatic N) is 3. The predicted molar refractivity (Wildman–Crippen MR) is 441 cm³/mol. The average Bonchev–Trinajstić information content (AvgIpc) is 1.63. The maximum Gasteiger partial charge on any atom is 0.251 e. The van der Waals surface area contributed by atoms with Gasteiger partial charge in [-0.1, -0.05) is 215 Å². The molecule has 9 aromatic rings. The number of aromatic amines is 2. The summed E-state index contributed by atoms with van der Waals surface area (Å²) >= 11 is 0. The molecule has 2 amide bonds. The van der Waals surface area contributed by atoms with E-state index in [-0.39, 0.29) is 11.8 Å². The lowest BCUT2D eigenvalue weighted by Crippen LogP contribution is -2.41. The van der Waals surface area contributed by atoms with Gasteiger partial charge in [-0.05, 0) is 205 Å². The Kier molecular flexibility index (Phi) is 25.6. The number of anilines is 2. The summed E-state index contributed by atoms with van der Waals surface area (Å²) in [7, 11) is 0. The molecule has 4 N–H and O–H groups in total. The Morgan fingerprint density at radius 3 is 1.27 bits per heavy atom. The number of fused-ring (bicyclic) bond motifs is 9. The van der Waals surface area contributed by atoms with Crippen LogP contribution in [0.3, 0.4) is 0 Å². The lowest BCUT2D eigenvalue weighted by molar-refractivity contribution is -0.117. The Morgan fingerprint density at radius 1 is 0.472 bits per heavy atom. The molecule has 0 unspecified atom stereocenters. The molecule has 3 aromatic heterocycles. The Balaban J connectivity index is 0.819. The molecule has 13 rings (SSSR count). The van der Waals surface area contributed by atoms with Gasteiger partial charge in [-0.15, -0.1) is 0 Å². The molecule has 106 heavy (non-hydrogen) atoms. The van der Waals surface area contributed by atoms with Crippen molar-refractivity contribution >= 4 is 75.6 Å². The molecule has 1 aliphatic carbocycles. The minimum Gasteiger partial charge on any atom is -0.494 e. The van der Waals surface area contributed by atoms with Gasteiger partial charge in [0, 0.05) is 74.3 Å². The number of hydrogen-bond acceptors (Lipinski definition) is 8. The van der Waals surface area contributed by atoms with Crippen molar-refractivity contribution in [2.24, 2.45) is 23.7 Å². The van der Waals surface area contributed by atoms with Gasteiger partial charge in [0.25, 0.3) is 5.91 Å². The van der Waals surface area contributed by atoms with Crippen molar-refractivity contribution in [3.05, 3.63) is 216 Å². The molecular weight excluding hydrogens is 1310 g/mol. The summed E-state index contributed by atoms with van der Waals surface area (Å²) in [5, 5.41) is 6.06. The van der Waals surface area contributed by atoms with E-state index in [0.717, 1.165) is 157 Å². The van der Waals surface area contributed by atoms with E-state index in [1.807, 2.05) is 48.5 Å². The van der Waals surface area contributed by atoms with E-state index in [0.29, 0.717) is 54.7 Å². The number of aromatic nitrogens is 4. The van der Waals surface area contributed by atoms with E-state index >= 15 is 0 Å². The van der Waals surface area contributed by atoms with Crippen LogP contribution in [0.2, 0.25) is 0 Å². The quantitative estimate of drug-likeness (QED) is 0.0287. The van der Waals surface area contributed by atoms with Crippen molar-refractivity contribution in [2.45, 2.75) is 163 Å². The molecular formula is C94H107N7O5. The second kappa shape index (κ2) is 36.7. The number of carbonyl (C=O) groups excluding carboxylic acids is 2. The zero-order chi connectivity index (χ0) is 73.0. The number of allylic oxidation sites excluding steroid dienone is 1. The molecule has 6 heterocycles. The van der Waals surface area contributed by atoms with Gasteiger partial charge in [-0.2, -0.15) is 0 Å². The highest BCUT2D eigenvalue weighted by Gasteiger charge is 2.45. The Bertz CT molecular complexity index is 4590. The molecule has 0 spiro atoms. The third-order valence-electron chi connectivity index (χ3n) is 21.8. The van der Waals surface area contributed by atoms with Crippen LogP contribution in [0.5, 0.6) is 17.2 Å². The molecule has 548 valence electrons. The fourth-order valence-electron chi connectivity index (χ4n) is 15.8. The summed E-state index contributed by atoms with van der Waals surface area (Å²) in [6.07, 6.45) is 36.0. The SMILES string of the molecule is CCCCCCCCOc1ccc(-c2c3nc(c(-c4ccc(OCCCCCCCC)cc4)c4ccc([nH]4)c(-c4ccc(OCCCCCCCC)cc4)c4nc(c(-c5ccc(NC(=O)[C@@H](C)NC(=O)c6ccc(N7C[C@@H]8[C@H](C7)[C@@H](/C=C/c7ccccc7)C[C@H]8C)cc6)cc5)c5ccc2[nH]5)C=C4)C=C3)cc1. The molecule has 2 fully saturated rings. The lowest BCUT2D eigenvalue weighted by Gasteiger charge is -2.22. The van der Waals surface area contributed by atoms with Crippen molar-refractivity contribution in [2.75, 3.05) is 43.1 Å². The predicted octanol–water partition coefficient (Wildman–Crippen LogP) is 23.7. The van der Waals surface area contributed by atoms with Gasteiger partial charge in [-0.25, -0.2) is 9.97 Å². The highest BCUT2D eigenvalue weighted by molar-refractivity contribution is 6.03. The molecule has 12 nitrogen and oxygen atoms in total. The highest BCUT2D eigenvalue weighted by atomic mass is 16.5. The molecule has 0 radical (unpaired) electrons. The number of rotatable bonds is 35. The van der Waals surface area contributed by atoms with E-state index in [1.165, 1.54) is 95.5 Å². The van der Waals surface area contributed by atoms with Crippen molar-refractivity contribution < 1.29 is 23.8 Å². The number of unbranched alkanes of at least 4 members (excludes halogenated alkanes) is 15. The minimum atomic E-state index is -0.822. The molecule has 1 saturated carbocycles. The number of ether oxygens (including phenoxy) is 3. The van der Waals surface area contributed by atoms with Crippen LogP contribution in [0.1, 0.15) is 195 Å². The second-order valence-electron chi connectivity index (χ2n) is 29.6. The van der Waals surface area contributed by atoms with E-state index in [2.05, 4.69) is 217 Å². The van der Waals surface area contributed by atoms with Crippen LogP contribution in [0.15, 0.2) is 182 Å². The van der Waals surface area contributed by atoms with E-state index < -0.39 is 6.04 Å². The van der Waals surface area contributed by atoms with Crippen molar-refractivity contribution in [1.29, 1.82) is 0 Å². The van der Waals surface area contributed by atoms with Gasteiger partial charge in [0.15, 0.2) is 0 Å². The highest BCUT2D eigenvalue weighted by Crippen LogP contribution is 2.48. The third kappa shape index (κ3) is 18.7. The first kappa shape index (κ1) is 74.1. The zero-order valence-corrected chi connectivity index (χ0v) is 62.9. The van der Waals surface area contributed by atoms with Crippen LogP contribution in [0.4, 0.5) is 11.4 Å². The van der Waals surface area contributed by atoms with Gasteiger partial charge in [-0.3, -0.25) is 9.59 Å². The minimum absolute atomic E-state index is 0.304. The summed E-state index contributed by atoms with van der Waals surface area (Å²) in [5.74, 6) is 4.28. The van der Waals surface area contributed by atoms with Crippen LogP contribution in [-0.4, -0.2) is 70.7 Å². The number of amides is 2. The number of carbonyl (C=O) groups is 2. The standard InChI is InChI=1S/C94H107N7O5/c1-6-9-12-15-18-24-59-104-76-45-35-69(36-46-76)90-83-53-51-81(97-83)89(68-31-41-74(42-32-68)96-93(102)66(5)95-94(103)72-33-43-75(44-34-72)101-63-79-65(4)62-73(80(79)64-101)30-29-67-27-22-21-23-28-67)82-52-54-84(98-82)91(70-37-47-77(48-38-70)105-60-25-19-16-13-10-7-2)86-56-58-88(100-86)92(87-57-55-85(90)99-87)71-39-49-78(50-40-71)106-61-26-20-17-14-11-8-3/h21-23,27-58,65-66,73,79-80,97,100H,6-20,24-26,59-64H2,1-5H3,(H,95,103)(H,96,102)/b30-29+,89-81?,89-82?,90-83?,90-85?,91-84?,91-86?,92-87?,92-88?/t65-,66-,73+,79+,80-/m1/s1. The van der Waals surface area contributed by atoms with Crippen LogP contribution >= 0.6 is 0 Å². The first-order chi connectivity index (χ1) is 52.1. The number of H-pyrrole nitrogens is 2. The first-order valence-electron chi connectivity index (χ1n) is 39.7. The molecule has 12 heteroatoms. The number of hydrogen-bond donors (Lipinski definition) is 4. The smallest absolute Gasteiger partial charge is 0.251 e. The van der Waals surface area contributed by atoms with Crippen LogP contribution in [0.25, 0.3) is 97.0 Å². The summed E-state index contributed by atoms with van der Waals surface area (Å²) in [5.41, 5.74) is 17.7. The molecule has 5 atom stereocenters. The summed E-state index contributed by atoms with van der Waals surface area (Å²) in [4.78, 5) is 49.4. The largest absolute Gasteiger partial charge is 0.494 e. The second-order valence-corrected chi connectivity index (χ2v) is 29.6. The van der Waals surface area contributed by atoms with E-state index in [1.54, 1.807) is 6.92 Å². The topological polar surface area (TPSA) is 146 Å². The van der Waals surface area contributed by atoms with Gasteiger partial charge >= 0.3 is 0 Å². The van der Waals surface area contributed by atoms with Crippen molar-refractivity contribution in [3.63, 3.8) is 0 Å². The summed E-state index contributed by atoms with van der Waals surface area (Å²) < 4.78 is 19.1. The van der Waals surface area contributed by atoms with Gasteiger partial charge in [0.1, 0.15) is 23.3 Å². The Hall–Kier alpha value is -10.2. The third-order valence-corrected chi connectivity index (χ3v) is 21.8. The molecule has 3 aliphatic heterocycles. The number of nitrogens with one attached hydrogen (secondary N) is 4. The number of benzene rings is 6. The van der Waals surface area contributed by atoms with E-state index in [9.17, 15) is 9.59 Å². The molecule has 1 saturated heterocycles. The maximum absolute atomic E-state index is 14.0. The van der Waals surface area contributed by atoms with Crippen LogP contribution in [0, 0.1) is 23.7 Å². The molecule has 4 aliphatic rings. The average molecular weight is 1410 g/mol. The fraction of sp³-hybridized carbons (Fsp3) is 0.362.